The molecule has 0 bridgehead atoms. The summed E-state index contributed by atoms with van der Waals surface area (Å²) in [5.74, 6) is 0.199. The molecular formula is C20H23ClN2O3S. The van der Waals surface area contributed by atoms with Crippen LogP contribution in [0.5, 0.6) is 0 Å². The Morgan fingerprint density at radius 3 is 2.19 bits per heavy atom. The van der Waals surface area contributed by atoms with Crippen molar-refractivity contribution in [2.24, 2.45) is 0 Å². The minimum atomic E-state index is -3.56. The maximum absolute atomic E-state index is 12.7. The van der Waals surface area contributed by atoms with Gasteiger partial charge in [-0.15, -0.1) is 0 Å². The number of carbonyl (C=O) groups is 1. The molecule has 0 aliphatic carbocycles. The monoisotopic (exact) mass is 406 g/mol. The summed E-state index contributed by atoms with van der Waals surface area (Å²) in [4.78, 5) is 14.6. The van der Waals surface area contributed by atoms with Gasteiger partial charge in [-0.3, -0.25) is 4.79 Å². The summed E-state index contributed by atoms with van der Waals surface area (Å²) in [6.07, 6.45) is 0.425. The number of rotatable bonds is 5. The summed E-state index contributed by atoms with van der Waals surface area (Å²) >= 11 is 5.83. The van der Waals surface area contributed by atoms with Crippen LogP contribution in [0.25, 0.3) is 0 Å². The van der Waals surface area contributed by atoms with E-state index in [0.29, 0.717) is 37.6 Å². The molecule has 1 amide bonds. The fourth-order valence-electron chi connectivity index (χ4n) is 3.22. The van der Waals surface area contributed by atoms with E-state index in [4.69, 9.17) is 11.6 Å². The highest BCUT2D eigenvalue weighted by molar-refractivity contribution is 7.89. The smallest absolute Gasteiger partial charge is 0.243 e. The average molecular weight is 407 g/mol. The zero-order valence-electron chi connectivity index (χ0n) is 15.2. The fraction of sp³-hybridized carbons (Fsp3) is 0.350. The molecule has 27 heavy (non-hydrogen) atoms. The second kappa shape index (κ2) is 8.42. The van der Waals surface area contributed by atoms with E-state index in [-0.39, 0.29) is 16.7 Å². The molecule has 0 N–H and O–H groups in total. The Morgan fingerprint density at radius 2 is 1.59 bits per heavy atom. The lowest BCUT2D eigenvalue weighted by atomic mass is 9.97. The first-order valence-corrected chi connectivity index (χ1v) is 10.8. The van der Waals surface area contributed by atoms with Crippen LogP contribution in [0.4, 0.5) is 0 Å². The number of sulfonamides is 1. The minimum absolute atomic E-state index is 0.0647. The van der Waals surface area contributed by atoms with E-state index < -0.39 is 10.0 Å². The van der Waals surface area contributed by atoms with Gasteiger partial charge >= 0.3 is 0 Å². The third-order valence-corrected chi connectivity index (χ3v) is 7.06. The molecule has 2 aromatic rings. The molecule has 1 heterocycles. The van der Waals surface area contributed by atoms with Crippen molar-refractivity contribution in [1.29, 1.82) is 0 Å². The maximum Gasteiger partial charge on any atom is 0.243 e. The molecule has 3 rings (SSSR count). The number of hydrogen-bond acceptors (Lipinski definition) is 3. The van der Waals surface area contributed by atoms with Crippen LogP contribution >= 0.6 is 11.6 Å². The van der Waals surface area contributed by atoms with Crippen LogP contribution in [-0.2, 0) is 14.8 Å². The van der Waals surface area contributed by atoms with Gasteiger partial charge in [0.1, 0.15) is 0 Å². The van der Waals surface area contributed by atoms with Gasteiger partial charge in [0.05, 0.1) is 4.90 Å². The topological polar surface area (TPSA) is 57.7 Å². The van der Waals surface area contributed by atoms with Crippen molar-refractivity contribution in [2.45, 2.75) is 24.2 Å². The lowest BCUT2D eigenvalue weighted by Crippen LogP contribution is -2.50. The normalized spacial score (nSPS) is 16.9. The van der Waals surface area contributed by atoms with Crippen LogP contribution in [0.1, 0.15) is 24.8 Å². The van der Waals surface area contributed by atoms with Gasteiger partial charge in [-0.1, -0.05) is 48.9 Å². The van der Waals surface area contributed by atoms with E-state index in [0.717, 1.165) is 5.56 Å². The van der Waals surface area contributed by atoms with Crippen molar-refractivity contribution in [1.82, 2.24) is 9.21 Å². The van der Waals surface area contributed by atoms with Crippen molar-refractivity contribution >= 4 is 27.5 Å². The highest BCUT2D eigenvalue weighted by Gasteiger charge is 2.30. The summed E-state index contributed by atoms with van der Waals surface area (Å²) in [5, 5.41) is 0.497. The Kier molecular flexibility index (Phi) is 6.19. The van der Waals surface area contributed by atoms with Gasteiger partial charge in [0.2, 0.25) is 15.9 Å². The SMILES string of the molecule is C[C@@H](CC(=O)N1CCN(S(=O)(=O)c2ccc(Cl)cc2)CC1)c1ccccc1. The molecule has 0 saturated carbocycles. The van der Waals surface area contributed by atoms with Crippen LogP contribution in [0, 0.1) is 0 Å². The van der Waals surface area contributed by atoms with Crippen molar-refractivity contribution in [3.8, 4) is 0 Å². The Hall–Kier alpha value is -1.89. The third kappa shape index (κ3) is 4.69. The molecule has 2 aromatic carbocycles. The molecule has 1 atom stereocenters. The van der Waals surface area contributed by atoms with E-state index in [1.165, 1.54) is 16.4 Å². The third-order valence-electron chi connectivity index (χ3n) is 4.89. The molecule has 0 unspecified atom stereocenters. The lowest BCUT2D eigenvalue weighted by Gasteiger charge is -2.34. The van der Waals surface area contributed by atoms with E-state index in [1.807, 2.05) is 37.3 Å². The standard InChI is InChI=1S/C20H23ClN2O3S/c1-16(17-5-3-2-4-6-17)15-20(24)22-11-13-23(14-12-22)27(25,26)19-9-7-18(21)8-10-19/h2-10,16H,11-15H2,1H3/t16-/m0/s1. The molecular weight excluding hydrogens is 384 g/mol. The summed E-state index contributed by atoms with van der Waals surface area (Å²) < 4.78 is 26.9. The fourth-order valence-corrected chi connectivity index (χ4v) is 4.77. The number of hydrogen-bond donors (Lipinski definition) is 0. The molecule has 144 valence electrons. The molecule has 1 fully saturated rings. The molecule has 5 nitrogen and oxygen atoms in total. The van der Waals surface area contributed by atoms with Crippen LogP contribution in [0.3, 0.4) is 0 Å². The number of halogens is 1. The summed E-state index contributed by atoms with van der Waals surface area (Å²) in [5.41, 5.74) is 1.13. The molecule has 0 spiro atoms. The van der Waals surface area contributed by atoms with Crippen LogP contribution in [0.2, 0.25) is 5.02 Å². The lowest BCUT2D eigenvalue weighted by molar-refractivity contribution is -0.132. The highest BCUT2D eigenvalue weighted by Crippen LogP contribution is 2.22. The van der Waals surface area contributed by atoms with Crippen LogP contribution < -0.4 is 0 Å². The van der Waals surface area contributed by atoms with E-state index >= 15 is 0 Å². The van der Waals surface area contributed by atoms with Gasteiger partial charge in [-0.2, -0.15) is 4.31 Å². The molecule has 1 aliphatic heterocycles. The zero-order valence-corrected chi connectivity index (χ0v) is 16.8. The zero-order chi connectivity index (χ0) is 19.4. The number of carbonyl (C=O) groups excluding carboxylic acids is 1. The summed E-state index contributed by atoms with van der Waals surface area (Å²) in [6.45, 7) is 3.46. The van der Waals surface area contributed by atoms with Gasteiger partial charge in [0.15, 0.2) is 0 Å². The second-order valence-corrected chi connectivity index (χ2v) is 9.13. The number of benzene rings is 2. The number of amides is 1. The predicted molar refractivity (Wildman–Crippen MR) is 106 cm³/mol. The van der Waals surface area contributed by atoms with E-state index in [1.54, 1.807) is 17.0 Å². The Morgan fingerprint density at radius 1 is 1.00 bits per heavy atom. The first-order chi connectivity index (χ1) is 12.9. The van der Waals surface area contributed by atoms with E-state index in [9.17, 15) is 13.2 Å². The highest BCUT2D eigenvalue weighted by atomic mass is 35.5. The van der Waals surface area contributed by atoms with Crippen LogP contribution in [0.15, 0.2) is 59.5 Å². The average Bonchev–Trinajstić information content (AvgIpc) is 2.69. The van der Waals surface area contributed by atoms with Gasteiger partial charge in [-0.25, -0.2) is 8.42 Å². The molecule has 0 radical (unpaired) electrons. The van der Waals surface area contributed by atoms with Crippen molar-refractivity contribution in [3.05, 3.63) is 65.2 Å². The first kappa shape index (κ1) is 19.9. The predicted octanol–water partition coefficient (Wildman–Crippen LogP) is 3.37. The minimum Gasteiger partial charge on any atom is -0.340 e. The molecule has 7 heteroatoms. The van der Waals surface area contributed by atoms with Crippen molar-refractivity contribution in [3.63, 3.8) is 0 Å². The quantitative estimate of drug-likeness (QED) is 0.764. The molecule has 1 saturated heterocycles. The Balaban J connectivity index is 1.58. The molecule has 1 aliphatic rings. The Bertz CT molecular complexity index is 877. The van der Waals surface area contributed by atoms with Crippen LogP contribution in [-0.4, -0.2) is 49.7 Å². The summed E-state index contributed by atoms with van der Waals surface area (Å²) in [6, 6.07) is 16.1. The molecule has 0 aromatic heterocycles. The number of piperazine rings is 1. The van der Waals surface area contributed by atoms with Gasteiger partial charge in [-0.05, 0) is 35.7 Å². The largest absolute Gasteiger partial charge is 0.340 e. The second-order valence-electron chi connectivity index (χ2n) is 6.75. The van der Waals surface area contributed by atoms with Crippen molar-refractivity contribution in [2.75, 3.05) is 26.2 Å². The van der Waals surface area contributed by atoms with Gasteiger partial charge in [0, 0.05) is 37.6 Å². The first-order valence-electron chi connectivity index (χ1n) is 8.96. The van der Waals surface area contributed by atoms with E-state index in [2.05, 4.69) is 0 Å². The van der Waals surface area contributed by atoms with Gasteiger partial charge < -0.3 is 4.90 Å². The number of nitrogens with zero attached hydrogens (tertiary/aromatic N) is 2. The van der Waals surface area contributed by atoms with Crippen molar-refractivity contribution < 1.29 is 13.2 Å². The summed E-state index contributed by atoms with van der Waals surface area (Å²) in [7, 11) is -3.56. The van der Waals surface area contributed by atoms with Gasteiger partial charge in [0.25, 0.3) is 0 Å². The maximum atomic E-state index is 12.7. The Labute approximate surface area is 165 Å².